The fourth-order valence-corrected chi connectivity index (χ4v) is 3.74. The van der Waals surface area contributed by atoms with Gasteiger partial charge in [0, 0.05) is 0 Å². The Labute approximate surface area is 108 Å². The molecule has 1 aromatic rings. The number of benzene rings is 1. The van der Waals surface area contributed by atoms with Crippen molar-refractivity contribution >= 4 is 5.97 Å². The van der Waals surface area contributed by atoms with Gasteiger partial charge in [0.25, 0.3) is 0 Å². The highest BCUT2D eigenvalue weighted by atomic mass is 16.4. The first-order valence-corrected chi connectivity index (χ1v) is 6.84. The van der Waals surface area contributed by atoms with Gasteiger partial charge in [-0.2, -0.15) is 0 Å². The van der Waals surface area contributed by atoms with E-state index in [-0.39, 0.29) is 5.41 Å². The molecule has 0 saturated heterocycles. The summed E-state index contributed by atoms with van der Waals surface area (Å²) in [5.41, 5.74) is 3.07. The van der Waals surface area contributed by atoms with Crippen LogP contribution in [0.2, 0.25) is 0 Å². The molecular weight excluding hydrogens is 224 g/mol. The first-order chi connectivity index (χ1) is 8.49. The summed E-state index contributed by atoms with van der Waals surface area (Å²) in [5, 5.41) is 9.69. The Kier molecular flexibility index (Phi) is 2.35. The van der Waals surface area contributed by atoms with Crippen molar-refractivity contribution in [1.82, 2.24) is 0 Å². The van der Waals surface area contributed by atoms with Crippen LogP contribution in [-0.4, -0.2) is 11.1 Å². The Balaban J connectivity index is 2.15. The number of rotatable bonds is 2. The highest BCUT2D eigenvalue weighted by Gasteiger charge is 2.68. The summed E-state index contributed by atoms with van der Waals surface area (Å²) in [6, 6.07) is 6.26. The molecule has 1 N–H and O–H groups in total. The standard InChI is InChI=1S/C16H20O2/c1-15(2)10-16(15,14(17)18)13-9-5-7-11-6-3-4-8-12(11)13/h5,7,9H,3-4,6,8,10H2,1-2H3,(H,17,18). The van der Waals surface area contributed by atoms with Crippen molar-refractivity contribution in [3.63, 3.8) is 0 Å². The number of hydrogen-bond donors (Lipinski definition) is 1. The zero-order chi connectivity index (χ0) is 13.0. The molecule has 1 unspecified atom stereocenters. The molecule has 0 amide bonds. The average Bonchev–Trinajstić information content (AvgIpc) is 2.93. The summed E-state index contributed by atoms with van der Waals surface area (Å²) >= 11 is 0. The zero-order valence-electron chi connectivity index (χ0n) is 11.1. The van der Waals surface area contributed by atoms with Gasteiger partial charge in [0.05, 0.1) is 5.41 Å². The quantitative estimate of drug-likeness (QED) is 0.866. The number of aryl methyl sites for hydroxylation is 1. The SMILES string of the molecule is CC1(C)CC1(C(=O)O)c1cccc2c1CCCC2. The molecule has 96 valence electrons. The molecule has 0 aromatic heterocycles. The van der Waals surface area contributed by atoms with Gasteiger partial charge < -0.3 is 5.11 Å². The van der Waals surface area contributed by atoms with E-state index in [0.29, 0.717) is 0 Å². The Hall–Kier alpha value is -1.31. The third kappa shape index (κ3) is 1.38. The third-order valence-corrected chi connectivity index (χ3v) is 4.96. The fraction of sp³-hybridized carbons (Fsp3) is 0.562. The van der Waals surface area contributed by atoms with Crippen LogP contribution in [0.3, 0.4) is 0 Å². The molecule has 0 spiro atoms. The van der Waals surface area contributed by atoms with Crippen molar-refractivity contribution < 1.29 is 9.90 Å². The van der Waals surface area contributed by atoms with Crippen LogP contribution in [0.25, 0.3) is 0 Å². The van der Waals surface area contributed by atoms with Crippen molar-refractivity contribution in [3.05, 3.63) is 34.9 Å². The molecule has 2 aliphatic carbocycles. The van der Waals surface area contributed by atoms with Crippen LogP contribution in [0.5, 0.6) is 0 Å². The summed E-state index contributed by atoms with van der Waals surface area (Å²) in [7, 11) is 0. The molecule has 2 aliphatic rings. The number of fused-ring (bicyclic) bond motifs is 1. The lowest BCUT2D eigenvalue weighted by atomic mass is 9.79. The molecule has 1 atom stereocenters. The molecule has 0 heterocycles. The van der Waals surface area contributed by atoms with E-state index in [1.807, 2.05) is 12.1 Å². The first-order valence-electron chi connectivity index (χ1n) is 6.84. The second kappa shape index (κ2) is 3.59. The molecule has 1 saturated carbocycles. The Bertz CT molecular complexity index is 516. The van der Waals surface area contributed by atoms with Crippen LogP contribution < -0.4 is 0 Å². The molecule has 0 bridgehead atoms. The summed E-state index contributed by atoms with van der Waals surface area (Å²) in [6.07, 6.45) is 5.36. The topological polar surface area (TPSA) is 37.3 Å². The summed E-state index contributed by atoms with van der Waals surface area (Å²) in [5.74, 6) is -0.647. The molecule has 1 fully saturated rings. The lowest BCUT2D eigenvalue weighted by Gasteiger charge is -2.25. The van der Waals surface area contributed by atoms with Crippen LogP contribution >= 0.6 is 0 Å². The highest BCUT2D eigenvalue weighted by molar-refractivity contribution is 5.87. The zero-order valence-corrected chi connectivity index (χ0v) is 11.1. The van der Waals surface area contributed by atoms with Gasteiger partial charge in [-0.25, -0.2) is 0 Å². The molecular formula is C16H20O2. The Morgan fingerprint density at radius 1 is 1.22 bits per heavy atom. The number of carboxylic acids is 1. The van der Waals surface area contributed by atoms with E-state index >= 15 is 0 Å². The van der Waals surface area contributed by atoms with Gasteiger partial charge >= 0.3 is 5.97 Å². The molecule has 0 radical (unpaired) electrons. The maximum absolute atomic E-state index is 11.8. The van der Waals surface area contributed by atoms with Crippen molar-refractivity contribution in [1.29, 1.82) is 0 Å². The molecule has 2 nitrogen and oxygen atoms in total. The van der Waals surface area contributed by atoms with Gasteiger partial charge in [0.2, 0.25) is 0 Å². The van der Waals surface area contributed by atoms with Gasteiger partial charge in [0.15, 0.2) is 0 Å². The maximum Gasteiger partial charge on any atom is 0.314 e. The lowest BCUT2D eigenvalue weighted by molar-refractivity contribution is -0.141. The minimum Gasteiger partial charge on any atom is -0.481 e. The predicted molar refractivity (Wildman–Crippen MR) is 70.8 cm³/mol. The first kappa shape index (κ1) is 11.8. The monoisotopic (exact) mass is 244 g/mol. The van der Waals surface area contributed by atoms with E-state index in [9.17, 15) is 9.90 Å². The van der Waals surface area contributed by atoms with E-state index in [0.717, 1.165) is 24.8 Å². The maximum atomic E-state index is 11.8. The van der Waals surface area contributed by atoms with Crippen LogP contribution in [-0.2, 0) is 23.1 Å². The molecule has 2 heteroatoms. The minimum absolute atomic E-state index is 0.106. The van der Waals surface area contributed by atoms with E-state index in [2.05, 4.69) is 19.9 Å². The minimum atomic E-state index is -0.647. The fourth-order valence-electron chi connectivity index (χ4n) is 3.74. The van der Waals surface area contributed by atoms with Crippen LogP contribution in [0.4, 0.5) is 0 Å². The number of carbonyl (C=O) groups is 1. The van der Waals surface area contributed by atoms with Crippen molar-refractivity contribution in [2.24, 2.45) is 5.41 Å². The smallest absolute Gasteiger partial charge is 0.314 e. The number of carboxylic acid groups (broad SMARTS) is 1. The largest absolute Gasteiger partial charge is 0.481 e. The van der Waals surface area contributed by atoms with E-state index in [4.69, 9.17) is 0 Å². The molecule has 3 rings (SSSR count). The van der Waals surface area contributed by atoms with Crippen LogP contribution in [0.1, 0.15) is 49.8 Å². The molecule has 1 aromatic carbocycles. The highest BCUT2D eigenvalue weighted by Crippen LogP contribution is 2.65. The predicted octanol–water partition coefficient (Wildman–Crippen LogP) is 3.32. The number of aliphatic carboxylic acids is 1. The average molecular weight is 244 g/mol. The van der Waals surface area contributed by atoms with Crippen molar-refractivity contribution in [2.45, 2.75) is 51.4 Å². The molecule has 18 heavy (non-hydrogen) atoms. The normalized spacial score (nSPS) is 28.6. The summed E-state index contributed by atoms with van der Waals surface area (Å²) in [4.78, 5) is 11.8. The Morgan fingerprint density at radius 2 is 1.89 bits per heavy atom. The van der Waals surface area contributed by atoms with Crippen LogP contribution in [0, 0.1) is 5.41 Å². The van der Waals surface area contributed by atoms with Gasteiger partial charge in [-0.05, 0) is 54.2 Å². The summed E-state index contributed by atoms with van der Waals surface area (Å²) in [6.45, 7) is 4.15. The van der Waals surface area contributed by atoms with Crippen molar-refractivity contribution in [3.8, 4) is 0 Å². The second-order valence-electron chi connectivity index (χ2n) is 6.42. The molecule has 0 aliphatic heterocycles. The number of hydrogen-bond acceptors (Lipinski definition) is 1. The van der Waals surface area contributed by atoms with E-state index < -0.39 is 11.4 Å². The van der Waals surface area contributed by atoms with Gasteiger partial charge in [-0.3, -0.25) is 4.79 Å². The van der Waals surface area contributed by atoms with E-state index in [1.54, 1.807) is 0 Å². The van der Waals surface area contributed by atoms with E-state index in [1.165, 1.54) is 24.0 Å². The second-order valence-corrected chi connectivity index (χ2v) is 6.42. The van der Waals surface area contributed by atoms with Crippen LogP contribution in [0.15, 0.2) is 18.2 Å². The Morgan fingerprint density at radius 3 is 2.50 bits per heavy atom. The lowest BCUT2D eigenvalue weighted by Crippen LogP contribution is -2.28. The van der Waals surface area contributed by atoms with Crippen molar-refractivity contribution in [2.75, 3.05) is 0 Å². The van der Waals surface area contributed by atoms with Gasteiger partial charge in [-0.15, -0.1) is 0 Å². The van der Waals surface area contributed by atoms with Gasteiger partial charge in [0.1, 0.15) is 0 Å². The summed E-state index contributed by atoms with van der Waals surface area (Å²) < 4.78 is 0. The van der Waals surface area contributed by atoms with Gasteiger partial charge in [-0.1, -0.05) is 32.0 Å². The third-order valence-electron chi connectivity index (χ3n) is 4.96.